The van der Waals surface area contributed by atoms with Crippen LogP contribution in [0.25, 0.3) is 0 Å². The molecule has 0 aliphatic carbocycles. The van der Waals surface area contributed by atoms with Gasteiger partial charge in [0, 0.05) is 40.4 Å². The fourth-order valence-electron chi connectivity index (χ4n) is 6.34. The van der Waals surface area contributed by atoms with E-state index in [2.05, 4.69) is 0 Å². The average Bonchev–Trinajstić information content (AvgIpc) is 3.05. The highest BCUT2D eigenvalue weighted by atomic mass is 19.4. The smallest absolute Gasteiger partial charge is 0.415 e. The lowest BCUT2D eigenvalue weighted by molar-refractivity contribution is -0.290. The molecule has 2 aliphatic rings. The summed E-state index contributed by atoms with van der Waals surface area (Å²) in [6.45, 7) is -0.161. The van der Waals surface area contributed by atoms with Gasteiger partial charge in [0.05, 0.1) is 13.2 Å². The molecule has 0 amide bonds. The molecule has 2 aromatic rings. The zero-order valence-electron chi connectivity index (χ0n) is 27.6. The molecule has 2 aliphatic heterocycles. The Morgan fingerprint density at radius 3 is 1.43 bits per heavy atom. The lowest BCUT2D eigenvalue weighted by Gasteiger charge is -2.39. The van der Waals surface area contributed by atoms with Gasteiger partial charge in [0.2, 0.25) is 0 Å². The number of benzene rings is 2. The summed E-state index contributed by atoms with van der Waals surface area (Å²) >= 11 is 0. The van der Waals surface area contributed by atoms with Gasteiger partial charge in [-0.2, -0.15) is 26.3 Å². The van der Waals surface area contributed by atoms with Crippen LogP contribution in [0.2, 0.25) is 0 Å². The predicted octanol–water partition coefficient (Wildman–Crippen LogP) is 6.95. The lowest BCUT2D eigenvalue weighted by Crippen LogP contribution is -2.52. The molecule has 0 bridgehead atoms. The van der Waals surface area contributed by atoms with E-state index >= 15 is 0 Å². The van der Waals surface area contributed by atoms with Gasteiger partial charge in [0.25, 0.3) is 0 Å². The first-order valence-corrected chi connectivity index (χ1v) is 16.3. The Kier molecular flexibility index (Phi) is 14.3. The number of hydrogen-bond acceptors (Lipinski definition) is 7. The molecule has 4 atom stereocenters. The Hall–Kier alpha value is -2.72. The molecule has 2 fully saturated rings. The second kappa shape index (κ2) is 18.0. The van der Waals surface area contributed by atoms with Gasteiger partial charge in [-0.1, -0.05) is 12.1 Å². The van der Waals surface area contributed by atoms with Crippen LogP contribution in [0.15, 0.2) is 36.4 Å². The molecule has 0 N–H and O–H groups in total. The minimum absolute atomic E-state index is 0.00794. The Bertz CT molecular complexity index is 1220. The monoisotopic (exact) mass is 712 g/mol. The molecule has 2 saturated heterocycles. The van der Waals surface area contributed by atoms with Crippen molar-refractivity contribution < 1.29 is 58.8 Å². The van der Waals surface area contributed by atoms with E-state index in [1.807, 2.05) is 0 Å². The molecule has 0 spiro atoms. The van der Waals surface area contributed by atoms with Crippen molar-refractivity contribution in [3.8, 4) is 11.5 Å². The van der Waals surface area contributed by atoms with Crippen LogP contribution in [0.5, 0.6) is 11.5 Å². The van der Waals surface area contributed by atoms with Gasteiger partial charge >= 0.3 is 12.4 Å². The minimum atomic E-state index is -5.06. The van der Waals surface area contributed by atoms with Crippen molar-refractivity contribution in [3.63, 3.8) is 0 Å². The molecule has 4 rings (SSSR count). The lowest BCUT2D eigenvalue weighted by atomic mass is 9.90. The molecule has 2 heterocycles. The first-order chi connectivity index (χ1) is 23.3. The average molecular weight is 713 g/mol. The molecule has 0 aromatic heterocycles. The van der Waals surface area contributed by atoms with E-state index in [9.17, 15) is 35.1 Å². The summed E-state index contributed by atoms with van der Waals surface area (Å²) in [6, 6.07) is 8.54. The first kappa shape index (κ1) is 39.1. The van der Waals surface area contributed by atoms with E-state index in [-0.39, 0.29) is 75.9 Å². The highest BCUT2D eigenvalue weighted by Gasteiger charge is 2.50. The Balaban J connectivity index is 1.42. The maximum Gasteiger partial charge on any atom is 0.415 e. The van der Waals surface area contributed by atoms with Crippen molar-refractivity contribution in [1.29, 1.82) is 0 Å². The van der Waals surface area contributed by atoms with Crippen molar-refractivity contribution in [1.82, 2.24) is 9.80 Å². The third-order valence-electron chi connectivity index (χ3n) is 8.86. The summed E-state index contributed by atoms with van der Waals surface area (Å²) in [6.07, 6.45) is -13.3. The van der Waals surface area contributed by atoms with Crippen LogP contribution in [0.4, 0.5) is 35.1 Å². The fourth-order valence-corrected chi connectivity index (χ4v) is 6.34. The minimum Gasteiger partial charge on any atom is -0.488 e. The molecule has 2 unspecified atom stereocenters. The normalized spacial score (nSPS) is 21.0. The summed E-state index contributed by atoms with van der Waals surface area (Å²) in [5, 5.41) is 0. The molecular formula is C34H44F8N2O5. The van der Waals surface area contributed by atoms with Gasteiger partial charge in [-0.25, -0.2) is 8.78 Å². The third-order valence-corrected chi connectivity index (χ3v) is 8.86. The number of rotatable bonds is 16. The number of piperidine rings is 2. The van der Waals surface area contributed by atoms with Crippen molar-refractivity contribution in [2.45, 2.75) is 62.1 Å². The second-order valence-corrected chi connectivity index (χ2v) is 12.5. The van der Waals surface area contributed by atoms with Crippen LogP contribution in [0, 0.1) is 11.6 Å². The van der Waals surface area contributed by atoms with Crippen LogP contribution >= 0.6 is 0 Å². The molecule has 7 nitrogen and oxygen atoms in total. The van der Waals surface area contributed by atoms with Crippen LogP contribution < -0.4 is 9.47 Å². The van der Waals surface area contributed by atoms with E-state index in [1.54, 1.807) is 0 Å². The second-order valence-electron chi connectivity index (χ2n) is 12.5. The molecule has 15 heteroatoms. The maximum atomic E-state index is 14.3. The predicted molar refractivity (Wildman–Crippen MR) is 165 cm³/mol. The highest BCUT2D eigenvalue weighted by Crippen LogP contribution is 2.36. The van der Waals surface area contributed by atoms with Gasteiger partial charge in [0.1, 0.15) is 13.2 Å². The molecule has 0 radical (unpaired) electrons. The largest absolute Gasteiger partial charge is 0.488 e. The summed E-state index contributed by atoms with van der Waals surface area (Å²) in [5.74, 6) is -1.77. The topological polar surface area (TPSA) is 52.6 Å². The number of hydrogen-bond donors (Lipinski definition) is 0. The quantitative estimate of drug-likeness (QED) is 0.138. The van der Waals surface area contributed by atoms with E-state index in [1.165, 1.54) is 60.4 Å². The van der Waals surface area contributed by atoms with Gasteiger partial charge in [-0.05, 0) is 86.0 Å². The SMILES string of the molecule is COCCOc1cc(C2CCCN(C[C@H](O[C@@H](CN3CCCC(c4ccc(F)c(OCCOC)c4)C3)C(F)(F)F)C(F)(F)F)C2)ccc1F. The number of nitrogens with zero attached hydrogens (tertiary/aromatic N) is 2. The summed E-state index contributed by atoms with van der Waals surface area (Å²) < 4.78 is 140. The van der Waals surface area contributed by atoms with Crippen molar-refractivity contribution in [3.05, 3.63) is 59.2 Å². The van der Waals surface area contributed by atoms with E-state index in [0.29, 0.717) is 36.8 Å². The number of alkyl halides is 6. The van der Waals surface area contributed by atoms with E-state index < -0.39 is 49.3 Å². The number of methoxy groups -OCH3 is 2. The van der Waals surface area contributed by atoms with Crippen LogP contribution in [0.3, 0.4) is 0 Å². The molecular weight excluding hydrogens is 668 g/mol. The number of halogens is 8. The highest BCUT2D eigenvalue weighted by molar-refractivity contribution is 5.34. The zero-order valence-corrected chi connectivity index (χ0v) is 27.6. The van der Waals surface area contributed by atoms with Gasteiger partial charge < -0.3 is 23.7 Å². The van der Waals surface area contributed by atoms with Crippen molar-refractivity contribution in [2.24, 2.45) is 0 Å². The van der Waals surface area contributed by atoms with Crippen molar-refractivity contribution in [2.75, 3.05) is 79.9 Å². The summed E-state index contributed by atoms with van der Waals surface area (Å²) in [4.78, 5) is 2.90. The Morgan fingerprint density at radius 2 is 1.06 bits per heavy atom. The van der Waals surface area contributed by atoms with E-state index in [4.69, 9.17) is 23.7 Å². The Labute approximate surface area is 281 Å². The number of ether oxygens (including phenoxy) is 5. The fraction of sp³-hybridized carbons (Fsp3) is 0.647. The van der Waals surface area contributed by atoms with Crippen LogP contribution in [0.1, 0.15) is 48.6 Å². The van der Waals surface area contributed by atoms with Crippen LogP contribution in [-0.4, -0.2) is 114 Å². The molecule has 0 saturated carbocycles. The van der Waals surface area contributed by atoms with E-state index in [0.717, 1.165) is 0 Å². The van der Waals surface area contributed by atoms with Crippen molar-refractivity contribution >= 4 is 0 Å². The standard InChI is InChI=1S/C34H44F8N2O5/c1-45-13-15-47-29-17-23(7-9-27(29)35)25-5-3-11-43(19-25)21-31(33(37,38)39)49-32(34(40,41)42)22-44-12-4-6-26(20-44)24-8-10-28(36)30(18-24)48-16-14-46-2/h7-10,17-18,25-26,31-32H,3-6,11-16,19-22H2,1-2H3/t25?,26?,31-,32-/m0/s1. The third kappa shape index (κ3) is 11.7. The molecule has 276 valence electrons. The van der Waals surface area contributed by atoms with Gasteiger partial charge in [-0.3, -0.25) is 9.80 Å². The molecule has 2 aromatic carbocycles. The van der Waals surface area contributed by atoms with Gasteiger partial charge in [-0.15, -0.1) is 0 Å². The molecule has 49 heavy (non-hydrogen) atoms. The van der Waals surface area contributed by atoms with Crippen LogP contribution in [-0.2, 0) is 14.2 Å². The number of likely N-dealkylation sites (tertiary alicyclic amines) is 2. The summed E-state index contributed by atoms with van der Waals surface area (Å²) in [5.41, 5.74) is 1.32. The Morgan fingerprint density at radius 1 is 0.653 bits per heavy atom. The zero-order chi connectivity index (χ0) is 35.6. The maximum absolute atomic E-state index is 14.3. The first-order valence-electron chi connectivity index (χ1n) is 16.3. The summed E-state index contributed by atoms with van der Waals surface area (Å²) in [7, 11) is 2.94. The van der Waals surface area contributed by atoms with Gasteiger partial charge in [0.15, 0.2) is 35.3 Å².